The van der Waals surface area contributed by atoms with Crippen molar-refractivity contribution in [3.05, 3.63) is 34.4 Å². The average molecular weight is 374 g/mol. The Morgan fingerprint density at radius 3 is 1.58 bits per heavy atom. The normalized spacial score (nSPS) is 17.8. The molecule has 1 aromatic carbocycles. The second-order valence-corrected chi connectivity index (χ2v) is 12.5. The van der Waals surface area contributed by atoms with Crippen LogP contribution in [0.5, 0.6) is 0 Å². The maximum absolute atomic E-state index is 13.5. The van der Waals surface area contributed by atoms with E-state index in [0.29, 0.717) is 11.1 Å². The molecule has 0 amide bonds. The molecule has 1 saturated carbocycles. The lowest BCUT2D eigenvalue weighted by molar-refractivity contribution is -0.207. The van der Waals surface area contributed by atoms with Crippen LogP contribution in [-0.2, 0) is 16.2 Å². The summed E-state index contributed by atoms with van der Waals surface area (Å²) < 4.78 is 0. The highest BCUT2D eigenvalue weighted by Gasteiger charge is 2.29. The first-order valence-electron chi connectivity index (χ1n) is 10.2. The second-order valence-electron chi connectivity index (χ2n) is 11.1. The first-order chi connectivity index (χ1) is 11.7. The molecule has 2 rings (SSSR count). The maximum atomic E-state index is 13.5. The van der Waals surface area contributed by atoms with E-state index in [1.54, 1.807) is 0 Å². The number of rotatable bonds is 2. The topological polar surface area (TPSA) is 23.1 Å². The van der Waals surface area contributed by atoms with Crippen molar-refractivity contribution in [1.29, 1.82) is 0 Å². The van der Waals surface area contributed by atoms with Gasteiger partial charge >= 0.3 is 0 Å². The predicted octanol–water partition coefficient (Wildman–Crippen LogP) is 6.31. The highest BCUT2D eigenvalue weighted by molar-refractivity contribution is 7.41. The fourth-order valence-corrected chi connectivity index (χ4v) is 5.08. The predicted molar refractivity (Wildman–Crippen MR) is 116 cm³/mol. The molecule has 0 N–H and O–H groups in total. The van der Waals surface area contributed by atoms with Crippen LogP contribution in [0, 0.1) is 0 Å². The summed E-state index contributed by atoms with van der Waals surface area (Å²) in [7, 11) is 1.01. The van der Waals surface area contributed by atoms with Crippen LogP contribution in [0.3, 0.4) is 0 Å². The van der Waals surface area contributed by atoms with E-state index in [1.807, 2.05) is 0 Å². The molecular weight excluding hydrogens is 335 g/mol. The van der Waals surface area contributed by atoms with Gasteiger partial charge in [0.15, 0.2) is 0 Å². The average Bonchev–Trinajstić information content (AvgIpc) is 2.95. The zero-order valence-electron chi connectivity index (χ0n) is 18.4. The summed E-state index contributed by atoms with van der Waals surface area (Å²) in [5.74, 6) is 0. The van der Waals surface area contributed by atoms with Gasteiger partial charge in [-0.15, -0.1) is 13.7 Å². The van der Waals surface area contributed by atoms with Crippen LogP contribution in [0.15, 0.2) is 12.1 Å². The van der Waals surface area contributed by atoms with Crippen molar-refractivity contribution in [3.63, 3.8) is 0 Å². The summed E-state index contributed by atoms with van der Waals surface area (Å²) in [6.45, 7) is 20.2. The van der Waals surface area contributed by atoms with Crippen LogP contribution in [0.4, 0.5) is 0 Å². The van der Waals surface area contributed by atoms with Crippen molar-refractivity contribution in [2.75, 3.05) is 0 Å². The van der Waals surface area contributed by atoms with Crippen LogP contribution in [0.25, 0.3) is 0 Å². The van der Waals surface area contributed by atoms with Crippen LogP contribution < -0.4 is 5.11 Å². The number of hydrogen-bond acceptors (Lipinski definition) is 1. The van der Waals surface area contributed by atoms with Gasteiger partial charge in [-0.25, -0.2) is 0 Å². The standard InChI is InChI=1S/C24H39OP/c1-22(2,3)16-14-18(23(4,5)6)20(19(15-16)24(7,8)9)21(25)26-17-12-10-11-13-17/h14-15,17,25H,10-13H2,1-9H3/p-1. The Balaban J connectivity index is 2.78. The molecule has 0 atom stereocenters. The van der Waals surface area contributed by atoms with Crippen LogP contribution in [0.2, 0.25) is 0 Å². The van der Waals surface area contributed by atoms with Crippen LogP contribution in [-0.4, -0.2) is 11.1 Å². The number of hydrogen-bond donors (Lipinski definition) is 0. The fourth-order valence-electron chi connectivity index (χ4n) is 3.75. The first-order valence-corrected chi connectivity index (χ1v) is 11.1. The molecule has 146 valence electrons. The van der Waals surface area contributed by atoms with Gasteiger partial charge in [-0.05, 0) is 57.0 Å². The molecule has 1 aromatic rings. The van der Waals surface area contributed by atoms with E-state index in [1.165, 1.54) is 42.4 Å². The molecule has 0 heterocycles. The molecule has 1 fully saturated rings. The van der Waals surface area contributed by atoms with Gasteiger partial charge in [0.05, 0.1) is 0 Å². The molecule has 1 nitrogen and oxygen atoms in total. The zero-order chi connectivity index (χ0) is 19.9. The summed E-state index contributed by atoms with van der Waals surface area (Å²) in [5.41, 5.74) is 5.68. The van der Waals surface area contributed by atoms with E-state index in [2.05, 4.69) is 74.4 Å². The smallest absolute Gasteiger partial charge is 0.0000723 e. The van der Waals surface area contributed by atoms with Gasteiger partial charge in [0.2, 0.25) is 0 Å². The molecule has 0 aliphatic heterocycles. The molecule has 1 aliphatic rings. The van der Waals surface area contributed by atoms with E-state index < -0.39 is 0 Å². The van der Waals surface area contributed by atoms with Gasteiger partial charge in [-0.3, -0.25) is 0 Å². The summed E-state index contributed by atoms with van der Waals surface area (Å²) in [6.07, 6.45) is 4.99. The Morgan fingerprint density at radius 1 is 0.808 bits per heavy atom. The monoisotopic (exact) mass is 373 g/mol. The summed E-state index contributed by atoms with van der Waals surface area (Å²) in [6, 6.07) is 4.62. The third-order valence-electron chi connectivity index (χ3n) is 5.46. The van der Waals surface area contributed by atoms with Crippen molar-refractivity contribution >= 4 is 13.7 Å². The van der Waals surface area contributed by atoms with Crippen LogP contribution >= 0.6 is 8.20 Å². The van der Waals surface area contributed by atoms with Crippen molar-refractivity contribution < 1.29 is 5.11 Å². The van der Waals surface area contributed by atoms with E-state index in [4.69, 9.17) is 0 Å². The second kappa shape index (κ2) is 7.40. The van der Waals surface area contributed by atoms with Gasteiger partial charge in [0.1, 0.15) is 0 Å². The van der Waals surface area contributed by atoms with Gasteiger partial charge in [-0.2, -0.15) is 0 Å². The quantitative estimate of drug-likeness (QED) is 0.557. The SMILES string of the molecule is CC(C)(C)c1cc(C(C)(C)C)c(C([O-])=PC2CCCC2)c(C(C)(C)C)c1. The lowest BCUT2D eigenvalue weighted by Crippen LogP contribution is -2.30. The Bertz CT molecular complexity index is 637. The number of benzene rings is 1. The Hall–Kier alpha value is -0.650. The van der Waals surface area contributed by atoms with Crippen molar-refractivity contribution in [1.82, 2.24) is 0 Å². The van der Waals surface area contributed by atoms with Gasteiger partial charge in [-0.1, -0.05) is 87.3 Å². The molecule has 2 heteroatoms. The van der Waals surface area contributed by atoms with Crippen molar-refractivity contribution in [3.8, 4) is 0 Å². The Kier molecular flexibility index (Phi) is 6.16. The highest BCUT2D eigenvalue weighted by atomic mass is 31.1. The molecular formula is C24H38OP-. The Morgan fingerprint density at radius 2 is 1.23 bits per heavy atom. The minimum atomic E-state index is -0.0442. The fraction of sp³-hybridized carbons (Fsp3) is 0.708. The van der Waals surface area contributed by atoms with E-state index in [9.17, 15) is 5.11 Å². The third-order valence-corrected chi connectivity index (χ3v) is 6.80. The minimum absolute atomic E-state index is 0.0442. The minimum Gasteiger partial charge on any atom is -0.824 e. The summed E-state index contributed by atoms with van der Waals surface area (Å²) in [4.78, 5) is 0. The lowest BCUT2D eigenvalue weighted by atomic mass is 9.72. The molecule has 1 aliphatic carbocycles. The molecule has 0 unspecified atom stereocenters. The highest BCUT2D eigenvalue weighted by Crippen LogP contribution is 2.40. The maximum Gasteiger partial charge on any atom is -0.0000723 e. The summed E-state index contributed by atoms with van der Waals surface area (Å²) in [5, 5.41) is 13.5. The molecule has 26 heavy (non-hydrogen) atoms. The lowest BCUT2D eigenvalue weighted by Gasteiger charge is -2.36. The third kappa shape index (κ3) is 4.99. The molecule has 0 saturated heterocycles. The van der Waals surface area contributed by atoms with E-state index in [0.717, 1.165) is 13.8 Å². The summed E-state index contributed by atoms with van der Waals surface area (Å²) >= 11 is 0. The zero-order valence-corrected chi connectivity index (χ0v) is 19.3. The van der Waals surface area contributed by atoms with Gasteiger partial charge < -0.3 is 5.11 Å². The van der Waals surface area contributed by atoms with Crippen molar-refractivity contribution in [2.45, 2.75) is 110 Å². The molecule has 0 aromatic heterocycles. The molecule has 0 bridgehead atoms. The largest absolute Gasteiger partial charge is 0.824 e. The Labute approximate surface area is 163 Å². The van der Waals surface area contributed by atoms with E-state index in [-0.39, 0.29) is 16.2 Å². The first kappa shape index (κ1) is 21.6. The van der Waals surface area contributed by atoms with Gasteiger partial charge in [0.25, 0.3) is 0 Å². The van der Waals surface area contributed by atoms with Crippen molar-refractivity contribution in [2.24, 2.45) is 0 Å². The van der Waals surface area contributed by atoms with Crippen LogP contribution in [0.1, 0.15) is 110 Å². The molecule has 0 radical (unpaired) electrons. The van der Waals surface area contributed by atoms with Gasteiger partial charge in [0, 0.05) is 0 Å². The van der Waals surface area contributed by atoms with E-state index >= 15 is 0 Å². The molecule has 0 spiro atoms.